The number of benzene rings is 2. The summed E-state index contributed by atoms with van der Waals surface area (Å²) in [6.07, 6.45) is 6.25. The maximum Gasteiger partial charge on any atom is 0.329 e. The zero-order chi connectivity index (χ0) is 27.5. The van der Waals surface area contributed by atoms with E-state index < -0.39 is 18.6 Å². The van der Waals surface area contributed by atoms with Crippen LogP contribution < -0.4 is 0 Å². The summed E-state index contributed by atoms with van der Waals surface area (Å²) < 4.78 is 5.55. The number of likely N-dealkylation sites (tertiary alicyclic amines) is 1. The summed E-state index contributed by atoms with van der Waals surface area (Å²) in [6, 6.07) is 22.7. The molecule has 0 N–H and O–H groups in total. The molecule has 2 amide bonds. The van der Waals surface area contributed by atoms with Gasteiger partial charge in [-0.3, -0.25) is 9.59 Å². The minimum atomic E-state index is -0.680. The highest BCUT2D eigenvalue weighted by Crippen LogP contribution is 2.44. The van der Waals surface area contributed by atoms with Gasteiger partial charge in [0.15, 0.2) is 6.61 Å². The summed E-state index contributed by atoms with van der Waals surface area (Å²) in [5.41, 5.74) is 4.20. The predicted molar refractivity (Wildman–Crippen MR) is 155 cm³/mol. The zero-order valence-electron chi connectivity index (χ0n) is 22.1. The van der Waals surface area contributed by atoms with Gasteiger partial charge in [-0.15, -0.1) is 11.3 Å². The topological polar surface area (TPSA) is 79.3 Å². The Balaban J connectivity index is 1.21. The molecule has 2 fully saturated rings. The summed E-state index contributed by atoms with van der Waals surface area (Å²) >= 11 is 1.35. The van der Waals surface area contributed by atoms with Crippen molar-refractivity contribution >= 4 is 40.9 Å². The van der Waals surface area contributed by atoms with Gasteiger partial charge >= 0.3 is 5.97 Å². The third kappa shape index (κ3) is 5.23. The number of amides is 2. The molecular formula is C32H31N3O4S. The monoisotopic (exact) mass is 553 g/mol. The molecular weight excluding hydrogens is 522 g/mol. The van der Waals surface area contributed by atoms with E-state index in [9.17, 15) is 14.4 Å². The number of nitrogens with zero attached hydrogens (tertiary/aromatic N) is 3. The number of carbonyl (C=O) groups is 3. The fourth-order valence-corrected chi connectivity index (χ4v) is 6.71. The molecule has 3 unspecified atom stereocenters. The van der Waals surface area contributed by atoms with Crippen LogP contribution in [-0.2, 0) is 14.3 Å². The van der Waals surface area contributed by atoms with E-state index in [-0.39, 0.29) is 23.8 Å². The number of carbonyl (C=O) groups excluding carboxylic acids is 3. The van der Waals surface area contributed by atoms with E-state index in [0.717, 1.165) is 48.1 Å². The van der Waals surface area contributed by atoms with Crippen LogP contribution >= 0.6 is 11.3 Å². The molecule has 3 heterocycles. The van der Waals surface area contributed by atoms with Gasteiger partial charge in [-0.2, -0.15) is 5.10 Å². The third-order valence-corrected chi connectivity index (χ3v) is 8.75. The van der Waals surface area contributed by atoms with Gasteiger partial charge < -0.3 is 9.64 Å². The highest BCUT2D eigenvalue weighted by Gasteiger charge is 2.44. The Morgan fingerprint density at radius 3 is 2.48 bits per heavy atom. The molecule has 40 heavy (non-hydrogen) atoms. The van der Waals surface area contributed by atoms with E-state index in [1.54, 1.807) is 11.0 Å². The van der Waals surface area contributed by atoms with E-state index >= 15 is 0 Å². The lowest BCUT2D eigenvalue weighted by Gasteiger charge is -2.29. The Labute approximate surface area is 237 Å². The quantitative estimate of drug-likeness (QED) is 0.366. The summed E-state index contributed by atoms with van der Waals surface area (Å²) in [6.45, 7) is 0.0828. The van der Waals surface area contributed by atoms with Gasteiger partial charge in [-0.05, 0) is 66.3 Å². The lowest BCUT2D eigenvalue weighted by atomic mass is 9.77. The molecule has 0 bridgehead atoms. The maximum absolute atomic E-state index is 13.6. The molecule has 6 rings (SSSR count). The van der Waals surface area contributed by atoms with Crippen molar-refractivity contribution in [1.82, 2.24) is 9.91 Å². The van der Waals surface area contributed by atoms with Gasteiger partial charge in [0.25, 0.3) is 11.8 Å². The van der Waals surface area contributed by atoms with E-state index in [0.29, 0.717) is 17.8 Å². The van der Waals surface area contributed by atoms with Gasteiger partial charge in [0.05, 0.1) is 16.6 Å². The van der Waals surface area contributed by atoms with Crippen molar-refractivity contribution < 1.29 is 19.1 Å². The highest BCUT2D eigenvalue weighted by atomic mass is 32.1. The molecule has 0 spiro atoms. The van der Waals surface area contributed by atoms with Crippen molar-refractivity contribution in [2.45, 2.75) is 44.2 Å². The first kappa shape index (κ1) is 26.2. The van der Waals surface area contributed by atoms with Crippen LogP contribution in [0.5, 0.6) is 0 Å². The summed E-state index contributed by atoms with van der Waals surface area (Å²) in [5, 5.41) is 8.24. The minimum Gasteiger partial charge on any atom is -0.454 e. The summed E-state index contributed by atoms with van der Waals surface area (Å²) in [7, 11) is 0. The van der Waals surface area contributed by atoms with Crippen molar-refractivity contribution in [1.29, 1.82) is 0 Å². The first-order chi connectivity index (χ1) is 19.6. The Hall–Kier alpha value is -4.04. The van der Waals surface area contributed by atoms with Crippen LogP contribution in [0.15, 0.2) is 88.9 Å². The molecule has 1 saturated heterocycles. The van der Waals surface area contributed by atoms with Crippen molar-refractivity contribution in [3.63, 3.8) is 0 Å². The molecule has 3 atom stereocenters. The van der Waals surface area contributed by atoms with Crippen LogP contribution in [0.25, 0.3) is 6.08 Å². The van der Waals surface area contributed by atoms with Crippen molar-refractivity contribution in [3.8, 4) is 0 Å². The number of fused-ring (bicyclic) bond motifs is 1. The van der Waals surface area contributed by atoms with E-state index in [1.165, 1.54) is 16.3 Å². The van der Waals surface area contributed by atoms with Crippen LogP contribution in [-0.4, -0.2) is 52.6 Å². The predicted octanol–water partition coefficient (Wildman–Crippen LogP) is 5.72. The van der Waals surface area contributed by atoms with Crippen molar-refractivity contribution in [2.24, 2.45) is 11.0 Å². The SMILES string of the molecule is O=C(OCC(=O)N1N=C2C(=Cc3ccccc3)CCCC2C1c1ccccc1)C1CCCN1C(=O)c1cccs1. The zero-order valence-corrected chi connectivity index (χ0v) is 23.0. The number of hydrazone groups is 1. The Kier molecular flexibility index (Phi) is 7.60. The second-order valence-corrected chi connectivity index (χ2v) is 11.3. The smallest absolute Gasteiger partial charge is 0.329 e. The maximum atomic E-state index is 13.6. The number of ether oxygens (including phenoxy) is 1. The van der Waals surface area contributed by atoms with E-state index in [4.69, 9.17) is 9.84 Å². The Morgan fingerprint density at radius 1 is 0.950 bits per heavy atom. The molecule has 7 nitrogen and oxygen atoms in total. The normalized spacial score (nSPS) is 23.1. The number of rotatable bonds is 6. The molecule has 2 aliphatic heterocycles. The lowest BCUT2D eigenvalue weighted by Crippen LogP contribution is -2.42. The second kappa shape index (κ2) is 11.6. The fourth-order valence-electron chi connectivity index (χ4n) is 6.03. The van der Waals surface area contributed by atoms with Crippen LogP contribution in [0, 0.1) is 5.92 Å². The summed E-state index contributed by atoms with van der Waals surface area (Å²) in [4.78, 5) is 41.7. The second-order valence-electron chi connectivity index (χ2n) is 10.4. The Morgan fingerprint density at radius 2 is 1.73 bits per heavy atom. The molecule has 8 heteroatoms. The van der Waals surface area contributed by atoms with Crippen LogP contribution in [0.2, 0.25) is 0 Å². The van der Waals surface area contributed by atoms with Gasteiger partial charge in [-0.1, -0.05) is 66.7 Å². The van der Waals surface area contributed by atoms with Gasteiger partial charge in [0.1, 0.15) is 6.04 Å². The molecule has 204 valence electrons. The van der Waals surface area contributed by atoms with Gasteiger partial charge in [0, 0.05) is 12.5 Å². The molecule has 2 aromatic carbocycles. The minimum absolute atomic E-state index is 0.0690. The van der Waals surface area contributed by atoms with Crippen LogP contribution in [0.4, 0.5) is 0 Å². The van der Waals surface area contributed by atoms with Crippen LogP contribution in [0.1, 0.15) is 58.9 Å². The molecule has 3 aromatic rings. The average molecular weight is 554 g/mol. The first-order valence-corrected chi connectivity index (χ1v) is 14.7. The lowest BCUT2D eigenvalue weighted by molar-refractivity contribution is -0.156. The number of esters is 1. The highest BCUT2D eigenvalue weighted by molar-refractivity contribution is 7.12. The molecule has 1 saturated carbocycles. The van der Waals surface area contributed by atoms with Crippen LogP contribution in [0.3, 0.4) is 0 Å². The first-order valence-electron chi connectivity index (χ1n) is 13.8. The van der Waals surface area contributed by atoms with E-state index in [2.05, 4.69) is 18.2 Å². The number of hydrogen-bond acceptors (Lipinski definition) is 6. The molecule has 0 radical (unpaired) electrons. The molecule has 1 aliphatic carbocycles. The third-order valence-electron chi connectivity index (χ3n) is 7.89. The number of thiophene rings is 1. The van der Waals surface area contributed by atoms with Gasteiger partial charge in [0.2, 0.25) is 0 Å². The molecule has 3 aliphatic rings. The van der Waals surface area contributed by atoms with Crippen molar-refractivity contribution in [2.75, 3.05) is 13.2 Å². The number of hydrogen-bond donors (Lipinski definition) is 0. The largest absolute Gasteiger partial charge is 0.454 e. The van der Waals surface area contributed by atoms with Gasteiger partial charge in [-0.25, -0.2) is 9.80 Å². The van der Waals surface area contributed by atoms with E-state index in [1.807, 2.05) is 60.0 Å². The fraction of sp³-hybridized carbons (Fsp3) is 0.312. The average Bonchev–Trinajstić information content (AvgIpc) is 3.77. The standard InChI is InChI=1S/C32H31N3O4S/c36-28(21-39-32(38)26-16-8-18-34(26)31(37)27-17-9-19-40-27)35-30(23-12-5-2-6-13-23)25-15-7-14-24(29(25)33-35)20-22-10-3-1-4-11-22/h1-6,9-13,17,19-20,25-26,30H,7-8,14-16,18,21H2. The Bertz CT molecular complexity index is 1440. The number of allylic oxidation sites excluding steroid dienone is 1. The summed E-state index contributed by atoms with van der Waals surface area (Å²) in [5.74, 6) is -1.00. The van der Waals surface area contributed by atoms with Crippen molar-refractivity contribution in [3.05, 3.63) is 99.8 Å². The molecule has 1 aromatic heterocycles.